The zero-order chi connectivity index (χ0) is 19.2. The Balaban J connectivity index is 1.85. The van der Waals surface area contributed by atoms with Crippen LogP contribution in [0.25, 0.3) is 28.2 Å². The molecule has 3 heterocycles. The van der Waals surface area contributed by atoms with Gasteiger partial charge in [0.15, 0.2) is 0 Å². The molecule has 0 aliphatic carbocycles. The minimum atomic E-state index is -4.59. The van der Waals surface area contributed by atoms with Gasteiger partial charge in [0.2, 0.25) is 5.78 Å². The van der Waals surface area contributed by atoms with Gasteiger partial charge < -0.3 is 0 Å². The lowest BCUT2D eigenvalue weighted by atomic mass is 10.0. The van der Waals surface area contributed by atoms with E-state index in [4.69, 9.17) is 0 Å². The van der Waals surface area contributed by atoms with E-state index in [9.17, 15) is 22.0 Å². The molecule has 0 fully saturated rings. The Kier molecular flexibility index (Phi) is 3.87. The second kappa shape index (κ2) is 6.11. The monoisotopic (exact) mass is 376 g/mol. The summed E-state index contributed by atoms with van der Waals surface area (Å²) in [6, 6.07) is 5.89. The molecule has 0 spiro atoms. The molecule has 0 saturated heterocycles. The van der Waals surface area contributed by atoms with Crippen molar-refractivity contribution in [2.24, 2.45) is 0 Å². The predicted octanol–water partition coefficient (Wildman–Crippen LogP) is 4.76. The van der Waals surface area contributed by atoms with Crippen LogP contribution in [-0.4, -0.2) is 19.4 Å². The van der Waals surface area contributed by atoms with Gasteiger partial charge in [-0.2, -0.15) is 13.2 Å². The molecule has 27 heavy (non-hydrogen) atoms. The summed E-state index contributed by atoms with van der Waals surface area (Å²) in [5, 5.41) is 0. The Morgan fingerprint density at radius 2 is 1.67 bits per heavy atom. The highest BCUT2D eigenvalue weighted by Crippen LogP contribution is 2.31. The SMILES string of the molecule is Fc1ccncc1-c1cc(-c2cnc3nc(C(F)(F)F)ccn23)ccc1F. The molecule has 136 valence electrons. The van der Waals surface area contributed by atoms with E-state index >= 15 is 0 Å². The number of benzene rings is 1. The van der Waals surface area contributed by atoms with Crippen molar-refractivity contribution in [2.45, 2.75) is 6.18 Å². The summed E-state index contributed by atoms with van der Waals surface area (Å²) in [4.78, 5) is 11.2. The molecule has 0 aliphatic heterocycles. The third-order valence-electron chi connectivity index (χ3n) is 3.99. The maximum atomic E-state index is 14.2. The number of rotatable bonds is 2. The molecule has 0 amide bonds. The van der Waals surface area contributed by atoms with E-state index in [1.54, 1.807) is 0 Å². The van der Waals surface area contributed by atoms with Crippen LogP contribution in [0, 0.1) is 11.6 Å². The van der Waals surface area contributed by atoms with Gasteiger partial charge in [0, 0.05) is 35.3 Å². The maximum absolute atomic E-state index is 14.2. The highest BCUT2D eigenvalue weighted by molar-refractivity contribution is 5.72. The van der Waals surface area contributed by atoms with E-state index in [1.165, 1.54) is 41.3 Å². The topological polar surface area (TPSA) is 43.1 Å². The molecule has 0 unspecified atom stereocenters. The van der Waals surface area contributed by atoms with Crippen LogP contribution in [-0.2, 0) is 6.18 Å². The zero-order valence-corrected chi connectivity index (χ0v) is 13.4. The lowest BCUT2D eigenvalue weighted by Gasteiger charge is -2.09. The summed E-state index contributed by atoms with van der Waals surface area (Å²) >= 11 is 0. The van der Waals surface area contributed by atoms with Gasteiger partial charge in [0.1, 0.15) is 17.3 Å². The molecule has 0 atom stereocenters. The Morgan fingerprint density at radius 3 is 2.41 bits per heavy atom. The molecular weight excluding hydrogens is 367 g/mol. The van der Waals surface area contributed by atoms with Crippen LogP contribution in [0.4, 0.5) is 22.0 Å². The summed E-state index contributed by atoms with van der Waals surface area (Å²) in [6.07, 6.45) is 0.354. The molecule has 0 N–H and O–H groups in total. The van der Waals surface area contributed by atoms with Crippen LogP contribution < -0.4 is 0 Å². The van der Waals surface area contributed by atoms with Crippen molar-refractivity contribution in [3.63, 3.8) is 0 Å². The summed E-state index contributed by atoms with van der Waals surface area (Å²) in [6.45, 7) is 0. The third kappa shape index (κ3) is 3.01. The minimum Gasteiger partial charge on any atom is -0.284 e. The number of aromatic nitrogens is 4. The van der Waals surface area contributed by atoms with Gasteiger partial charge in [-0.15, -0.1) is 0 Å². The van der Waals surface area contributed by atoms with Gasteiger partial charge in [-0.3, -0.25) is 9.38 Å². The maximum Gasteiger partial charge on any atom is 0.433 e. The lowest BCUT2D eigenvalue weighted by molar-refractivity contribution is -0.141. The first-order valence-electron chi connectivity index (χ1n) is 7.66. The van der Waals surface area contributed by atoms with Crippen LogP contribution in [0.5, 0.6) is 0 Å². The van der Waals surface area contributed by atoms with Crippen molar-refractivity contribution >= 4 is 5.78 Å². The van der Waals surface area contributed by atoms with E-state index in [1.807, 2.05) is 0 Å². The van der Waals surface area contributed by atoms with Crippen LogP contribution >= 0.6 is 0 Å². The first kappa shape index (κ1) is 17.1. The summed E-state index contributed by atoms with van der Waals surface area (Å²) in [7, 11) is 0. The number of halogens is 5. The minimum absolute atomic E-state index is 0.0204. The standard InChI is InChI=1S/C18H9F5N4/c19-13-2-1-10(7-11(13)12-8-24-5-3-14(12)20)15-9-25-17-26-16(18(21,22)23)4-6-27(15)17/h1-9H. The summed E-state index contributed by atoms with van der Waals surface area (Å²) in [5.41, 5.74) is -0.291. The number of nitrogens with zero attached hydrogens (tertiary/aromatic N) is 4. The van der Waals surface area contributed by atoms with Crippen LogP contribution in [0.1, 0.15) is 5.69 Å². The number of pyridine rings is 1. The fourth-order valence-electron chi connectivity index (χ4n) is 2.71. The van der Waals surface area contributed by atoms with Crippen molar-refractivity contribution in [3.05, 3.63) is 72.4 Å². The van der Waals surface area contributed by atoms with E-state index < -0.39 is 23.5 Å². The summed E-state index contributed by atoms with van der Waals surface area (Å²) < 4.78 is 67.9. The molecule has 4 nitrogen and oxygen atoms in total. The predicted molar refractivity (Wildman–Crippen MR) is 86.6 cm³/mol. The normalized spacial score (nSPS) is 11.9. The molecule has 9 heteroatoms. The molecule has 0 saturated carbocycles. The Bertz CT molecular complexity index is 1150. The summed E-state index contributed by atoms with van der Waals surface area (Å²) in [5.74, 6) is -1.45. The second-order valence-corrected chi connectivity index (χ2v) is 5.67. The molecular formula is C18H9F5N4. The molecule has 3 aromatic heterocycles. The Labute approximate surface area is 149 Å². The Morgan fingerprint density at radius 1 is 0.889 bits per heavy atom. The lowest BCUT2D eigenvalue weighted by Crippen LogP contribution is -2.09. The fraction of sp³-hybridized carbons (Fsp3) is 0.0556. The molecule has 0 bridgehead atoms. The molecule has 4 rings (SSSR count). The van der Waals surface area contributed by atoms with E-state index in [-0.39, 0.29) is 16.9 Å². The quantitative estimate of drug-likeness (QED) is 0.474. The number of fused-ring (bicyclic) bond motifs is 1. The van der Waals surface area contributed by atoms with Crippen LogP contribution in [0.3, 0.4) is 0 Å². The fourth-order valence-corrected chi connectivity index (χ4v) is 2.71. The number of hydrogen-bond donors (Lipinski definition) is 0. The largest absolute Gasteiger partial charge is 0.433 e. The number of imidazole rings is 1. The smallest absolute Gasteiger partial charge is 0.284 e. The average molecular weight is 376 g/mol. The molecule has 1 aromatic carbocycles. The zero-order valence-electron chi connectivity index (χ0n) is 13.4. The molecule has 4 aromatic rings. The van der Waals surface area contributed by atoms with Crippen molar-refractivity contribution in [1.29, 1.82) is 0 Å². The van der Waals surface area contributed by atoms with Gasteiger partial charge in [0.25, 0.3) is 0 Å². The van der Waals surface area contributed by atoms with Gasteiger partial charge in [-0.05, 0) is 30.3 Å². The third-order valence-corrected chi connectivity index (χ3v) is 3.99. The van der Waals surface area contributed by atoms with Crippen molar-refractivity contribution in [2.75, 3.05) is 0 Å². The first-order valence-corrected chi connectivity index (χ1v) is 7.66. The van der Waals surface area contributed by atoms with E-state index in [0.29, 0.717) is 11.3 Å². The Hall–Kier alpha value is -3.36. The van der Waals surface area contributed by atoms with Crippen molar-refractivity contribution in [3.8, 4) is 22.4 Å². The van der Waals surface area contributed by atoms with Crippen molar-refractivity contribution < 1.29 is 22.0 Å². The molecule has 0 aliphatic rings. The van der Waals surface area contributed by atoms with Crippen molar-refractivity contribution in [1.82, 2.24) is 19.4 Å². The van der Waals surface area contributed by atoms with Crippen LogP contribution in [0.15, 0.2) is 55.1 Å². The van der Waals surface area contributed by atoms with Gasteiger partial charge >= 0.3 is 6.18 Å². The number of hydrogen-bond acceptors (Lipinski definition) is 3. The van der Waals surface area contributed by atoms with Crippen LogP contribution in [0.2, 0.25) is 0 Å². The van der Waals surface area contributed by atoms with Gasteiger partial charge in [-0.1, -0.05) is 0 Å². The first-order chi connectivity index (χ1) is 12.8. The number of alkyl halides is 3. The van der Waals surface area contributed by atoms with E-state index in [2.05, 4.69) is 15.0 Å². The van der Waals surface area contributed by atoms with E-state index in [0.717, 1.165) is 18.2 Å². The van der Waals surface area contributed by atoms with Gasteiger partial charge in [0.05, 0.1) is 11.9 Å². The highest BCUT2D eigenvalue weighted by atomic mass is 19.4. The second-order valence-electron chi connectivity index (χ2n) is 5.67. The molecule has 0 radical (unpaired) electrons. The average Bonchev–Trinajstić information content (AvgIpc) is 3.05. The van der Waals surface area contributed by atoms with Gasteiger partial charge in [-0.25, -0.2) is 18.7 Å². The highest BCUT2D eigenvalue weighted by Gasteiger charge is 2.33.